The van der Waals surface area contributed by atoms with E-state index in [0.717, 1.165) is 30.4 Å². The average Bonchev–Trinajstić information content (AvgIpc) is 2.83. The molecule has 1 saturated carbocycles. The van der Waals surface area contributed by atoms with Crippen LogP contribution in [0.1, 0.15) is 25.3 Å². The fourth-order valence-corrected chi connectivity index (χ4v) is 2.24. The zero-order chi connectivity index (χ0) is 10.3. The lowest BCUT2D eigenvalue weighted by molar-refractivity contribution is 0.178. The van der Waals surface area contributed by atoms with Crippen molar-refractivity contribution in [1.82, 2.24) is 19.5 Å². The molecule has 0 saturated heterocycles. The van der Waals surface area contributed by atoms with Gasteiger partial charge in [-0.2, -0.15) is 0 Å². The largest absolute Gasteiger partial charge is 0.393 e. The number of aliphatic hydroxyl groups is 1. The maximum atomic E-state index is 9.50. The molecule has 1 aliphatic carbocycles. The van der Waals surface area contributed by atoms with Gasteiger partial charge < -0.3 is 9.67 Å². The first kappa shape index (κ1) is 8.79. The molecule has 0 bridgehead atoms. The van der Waals surface area contributed by atoms with Crippen LogP contribution in [0.25, 0.3) is 11.2 Å². The summed E-state index contributed by atoms with van der Waals surface area (Å²) in [5.41, 5.74) is 1.68. The van der Waals surface area contributed by atoms with E-state index in [2.05, 4.69) is 15.0 Å². The average molecular weight is 204 g/mol. The van der Waals surface area contributed by atoms with Crippen LogP contribution in [0.2, 0.25) is 0 Å². The zero-order valence-electron chi connectivity index (χ0n) is 8.24. The van der Waals surface area contributed by atoms with Gasteiger partial charge >= 0.3 is 0 Å². The molecule has 2 heterocycles. The van der Waals surface area contributed by atoms with Crippen LogP contribution in [0.15, 0.2) is 18.9 Å². The molecule has 2 aromatic rings. The summed E-state index contributed by atoms with van der Waals surface area (Å²) in [7, 11) is 0. The molecule has 0 amide bonds. The first-order valence-electron chi connectivity index (χ1n) is 5.15. The Bertz CT molecular complexity index is 481. The minimum absolute atomic E-state index is 0.172. The van der Waals surface area contributed by atoms with Gasteiger partial charge in [-0.05, 0) is 19.3 Å². The van der Waals surface area contributed by atoms with E-state index in [-0.39, 0.29) is 6.10 Å². The Labute approximate surface area is 86.8 Å². The van der Waals surface area contributed by atoms with Crippen molar-refractivity contribution in [2.45, 2.75) is 31.4 Å². The van der Waals surface area contributed by atoms with E-state index in [1.54, 1.807) is 12.5 Å². The molecule has 5 nitrogen and oxygen atoms in total. The summed E-state index contributed by atoms with van der Waals surface area (Å²) in [5.74, 6) is 0. The van der Waals surface area contributed by atoms with E-state index in [4.69, 9.17) is 0 Å². The third-order valence-corrected chi connectivity index (χ3v) is 3.01. The highest BCUT2D eigenvalue weighted by Crippen LogP contribution is 2.31. The van der Waals surface area contributed by atoms with Crippen LogP contribution in [0.5, 0.6) is 0 Å². The number of aromatic nitrogens is 4. The Morgan fingerprint density at radius 1 is 1.33 bits per heavy atom. The van der Waals surface area contributed by atoms with E-state index < -0.39 is 0 Å². The second-order valence-corrected chi connectivity index (χ2v) is 4.00. The van der Waals surface area contributed by atoms with Crippen molar-refractivity contribution in [1.29, 1.82) is 0 Å². The molecule has 0 aromatic carbocycles. The van der Waals surface area contributed by atoms with Gasteiger partial charge in [0.05, 0.1) is 18.6 Å². The Balaban J connectivity index is 2.04. The maximum Gasteiger partial charge on any atom is 0.163 e. The molecule has 2 atom stereocenters. The summed E-state index contributed by atoms with van der Waals surface area (Å²) < 4.78 is 2.05. The third kappa shape index (κ3) is 1.39. The van der Waals surface area contributed by atoms with Crippen molar-refractivity contribution in [2.24, 2.45) is 0 Å². The van der Waals surface area contributed by atoms with Gasteiger partial charge in [-0.1, -0.05) is 0 Å². The van der Waals surface area contributed by atoms with Gasteiger partial charge in [-0.15, -0.1) is 0 Å². The monoisotopic (exact) mass is 204 g/mol. The van der Waals surface area contributed by atoms with Gasteiger partial charge in [0.1, 0.15) is 11.8 Å². The van der Waals surface area contributed by atoms with E-state index in [1.165, 1.54) is 6.33 Å². The minimum Gasteiger partial charge on any atom is -0.393 e. The van der Waals surface area contributed by atoms with Crippen molar-refractivity contribution in [3.05, 3.63) is 18.9 Å². The number of imidazole rings is 1. The summed E-state index contributed by atoms with van der Waals surface area (Å²) in [4.78, 5) is 12.4. The SMILES string of the molecule is O[C@H]1CC[C@@H](n2cnc3cncnc32)C1. The summed E-state index contributed by atoms with van der Waals surface area (Å²) in [6.45, 7) is 0. The highest BCUT2D eigenvalue weighted by molar-refractivity contribution is 5.69. The van der Waals surface area contributed by atoms with Crippen LogP contribution in [0.4, 0.5) is 0 Å². The summed E-state index contributed by atoms with van der Waals surface area (Å²) in [5, 5.41) is 9.50. The number of nitrogens with zero attached hydrogens (tertiary/aromatic N) is 4. The number of hydrogen-bond donors (Lipinski definition) is 1. The van der Waals surface area contributed by atoms with E-state index in [1.807, 2.05) is 4.57 Å². The summed E-state index contributed by atoms with van der Waals surface area (Å²) >= 11 is 0. The highest BCUT2D eigenvalue weighted by Gasteiger charge is 2.25. The Hall–Kier alpha value is -1.49. The predicted octanol–water partition coefficient (Wildman–Crippen LogP) is 0.912. The van der Waals surface area contributed by atoms with Crippen molar-refractivity contribution in [3.8, 4) is 0 Å². The van der Waals surface area contributed by atoms with Crippen LogP contribution in [0, 0.1) is 0 Å². The lowest BCUT2D eigenvalue weighted by Gasteiger charge is -2.11. The molecule has 1 fully saturated rings. The number of hydrogen-bond acceptors (Lipinski definition) is 4. The molecule has 5 heteroatoms. The quantitative estimate of drug-likeness (QED) is 0.750. The van der Waals surface area contributed by atoms with Crippen LogP contribution >= 0.6 is 0 Å². The van der Waals surface area contributed by atoms with Gasteiger partial charge in [0, 0.05) is 6.04 Å². The van der Waals surface area contributed by atoms with Crippen LogP contribution in [0.3, 0.4) is 0 Å². The molecule has 0 unspecified atom stereocenters. The minimum atomic E-state index is -0.172. The Morgan fingerprint density at radius 2 is 2.27 bits per heavy atom. The second kappa shape index (κ2) is 3.27. The second-order valence-electron chi connectivity index (χ2n) is 4.00. The van der Waals surface area contributed by atoms with Gasteiger partial charge in [0.25, 0.3) is 0 Å². The number of aliphatic hydroxyl groups excluding tert-OH is 1. The van der Waals surface area contributed by atoms with Crippen molar-refractivity contribution in [2.75, 3.05) is 0 Å². The zero-order valence-corrected chi connectivity index (χ0v) is 8.24. The highest BCUT2D eigenvalue weighted by atomic mass is 16.3. The summed E-state index contributed by atoms with van der Waals surface area (Å²) in [6, 6.07) is 0.333. The lowest BCUT2D eigenvalue weighted by Crippen LogP contribution is -2.06. The molecular formula is C10H12N4O. The van der Waals surface area contributed by atoms with Crippen molar-refractivity contribution in [3.63, 3.8) is 0 Å². The Morgan fingerprint density at radius 3 is 3.07 bits per heavy atom. The normalized spacial score (nSPS) is 26.2. The fourth-order valence-electron chi connectivity index (χ4n) is 2.24. The first-order valence-corrected chi connectivity index (χ1v) is 5.15. The van der Waals surface area contributed by atoms with Crippen LogP contribution in [-0.2, 0) is 0 Å². The first-order chi connectivity index (χ1) is 7.34. The smallest absolute Gasteiger partial charge is 0.163 e. The molecular weight excluding hydrogens is 192 g/mol. The van der Waals surface area contributed by atoms with Crippen LogP contribution < -0.4 is 0 Å². The molecule has 1 aliphatic rings. The van der Waals surface area contributed by atoms with E-state index in [9.17, 15) is 5.11 Å². The molecule has 1 N–H and O–H groups in total. The Kier molecular flexibility index (Phi) is 1.92. The predicted molar refractivity (Wildman–Crippen MR) is 54.2 cm³/mol. The van der Waals surface area contributed by atoms with Gasteiger partial charge in [-0.3, -0.25) is 0 Å². The lowest BCUT2D eigenvalue weighted by atomic mass is 10.2. The van der Waals surface area contributed by atoms with Gasteiger partial charge in [-0.25, -0.2) is 15.0 Å². The van der Waals surface area contributed by atoms with E-state index in [0.29, 0.717) is 6.04 Å². The molecule has 2 aromatic heterocycles. The third-order valence-electron chi connectivity index (χ3n) is 3.01. The van der Waals surface area contributed by atoms with Crippen molar-refractivity contribution < 1.29 is 5.11 Å². The molecule has 3 rings (SSSR count). The van der Waals surface area contributed by atoms with Crippen LogP contribution in [-0.4, -0.2) is 30.7 Å². The van der Waals surface area contributed by atoms with Crippen molar-refractivity contribution >= 4 is 11.2 Å². The molecule has 0 aliphatic heterocycles. The van der Waals surface area contributed by atoms with E-state index >= 15 is 0 Å². The molecule has 0 spiro atoms. The number of rotatable bonds is 1. The molecule has 78 valence electrons. The van der Waals surface area contributed by atoms with Gasteiger partial charge in [0.2, 0.25) is 0 Å². The molecule has 0 radical (unpaired) electrons. The topological polar surface area (TPSA) is 63.8 Å². The summed E-state index contributed by atoms with van der Waals surface area (Å²) in [6.07, 6.45) is 7.54. The maximum absolute atomic E-state index is 9.50. The number of fused-ring (bicyclic) bond motifs is 1. The standard InChI is InChI=1S/C10H12N4O/c15-8-2-1-7(3-8)14-6-13-9-4-11-5-12-10(9)14/h4-8,15H,1-3H2/t7-,8+/m1/s1. The molecule has 15 heavy (non-hydrogen) atoms. The van der Waals surface area contributed by atoms with Gasteiger partial charge in [0.15, 0.2) is 5.65 Å². The fraction of sp³-hybridized carbons (Fsp3) is 0.500.